The van der Waals surface area contributed by atoms with Gasteiger partial charge in [-0.05, 0) is 24.6 Å². The number of nitrogens with two attached hydrogens (primary N) is 1. The van der Waals surface area contributed by atoms with E-state index < -0.39 is 0 Å². The summed E-state index contributed by atoms with van der Waals surface area (Å²) in [6.45, 7) is 3.37. The largest absolute Gasteiger partial charge is 0.467 e. The first kappa shape index (κ1) is 15.3. The third kappa shape index (κ3) is 5.14. The van der Waals surface area contributed by atoms with Crippen LogP contribution in [0, 0.1) is 17.2 Å². The molecule has 0 bridgehead atoms. The lowest BCUT2D eigenvalue weighted by Crippen LogP contribution is -2.33. The Morgan fingerprint density at radius 3 is 2.95 bits per heavy atom. The van der Waals surface area contributed by atoms with Crippen molar-refractivity contribution >= 4 is 5.91 Å². The Hall–Kier alpha value is -1.80. The highest BCUT2D eigenvalue weighted by molar-refractivity contribution is 5.76. The Morgan fingerprint density at radius 1 is 1.63 bits per heavy atom. The maximum atomic E-state index is 12.2. The maximum Gasteiger partial charge on any atom is 0.223 e. The van der Waals surface area contributed by atoms with Gasteiger partial charge in [0.15, 0.2) is 0 Å². The van der Waals surface area contributed by atoms with Gasteiger partial charge in [0.2, 0.25) is 5.91 Å². The molecule has 5 heteroatoms. The fourth-order valence-electron chi connectivity index (χ4n) is 1.84. The molecule has 0 saturated carbocycles. The van der Waals surface area contributed by atoms with Gasteiger partial charge < -0.3 is 15.1 Å². The Bertz CT molecular complexity index is 405. The number of nitriles is 1. The van der Waals surface area contributed by atoms with E-state index in [0.717, 1.165) is 12.2 Å². The van der Waals surface area contributed by atoms with Crippen LogP contribution < -0.4 is 5.73 Å². The predicted octanol–water partition coefficient (Wildman–Crippen LogP) is 1.90. The van der Waals surface area contributed by atoms with Gasteiger partial charge in [0.1, 0.15) is 5.76 Å². The number of carbonyl (C=O) groups is 1. The summed E-state index contributed by atoms with van der Waals surface area (Å²) in [6.07, 6.45) is 3.22. The van der Waals surface area contributed by atoms with Crippen molar-refractivity contribution in [1.29, 1.82) is 5.26 Å². The molecule has 0 radical (unpaired) electrons. The van der Waals surface area contributed by atoms with Crippen molar-refractivity contribution < 1.29 is 9.21 Å². The molecule has 0 aliphatic carbocycles. The lowest BCUT2D eigenvalue weighted by Gasteiger charge is -2.22. The number of furan rings is 1. The molecule has 1 aromatic heterocycles. The van der Waals surface area contributed by atoms with E-state index in [4.69, 9.17) is 15.4 Å². The quantitative estimate of drug-likeness (QED) is 0.776. The second-order valence-corrected chi connectivity index (χ2v) is 4.52. The molecule has 0 aliphatic heterocycles. The lowest BCUT2D eigenvalue weighted by molar-refractivity contribution is -0.133. The highest BCUT2D eigenvalue weighted by atomic mass is 16.3. The van der Waals surface area contributed by atoms with Gasteiger partial charge in [-0.3, -0.25) is 4.79 Å². The number of nitrogens with zero attached hydrogens (tertiary/aromatic N) is 2. The summed E-state index contributed by atoms with van der Waals surface area (Å²) in [6, 6.07) is 5.68. The molecule has 0 aliphatic rings. The molecule has 1 unspecified atom stereocenters. The van der Waals surface area contributed by atoms with Crippen molar-refractivity contribution in [2.75, 3.05) is 13.1 Å². The standard InChI is InChI=1S/C14H21N3O2/c1-2-12(10-16)9-14(18)17(7-4-6-15)11-13-5-3-8-19-13/h3,5,8,12H,2,4,7,9-11,16H2,1H3. The monoisotopic (exact) mass is 263 g/mol. The van der Waals surface area contributed by atoms with E-state index in [2.05, 4.69) is 6.07 Å². The number of hydrogen-bond donors (Lipinski definition) is 1. The van der Waals surface area contributed by atoms with E-state index in [1.54, 1.807) is 17.2 Å². The predicted molar refractivity (Wildman–Crippen MR) is 71.8 cm³/mol. The normalized spacial score (nSPS) is 11.8. The molecule has 2 N–H and O–H groups in total. The van der Waals surface area contributed by atoms with E-state index in [9.17, 15) is 4.79 Å². The summed E-state index contributed by atoms with van der Waals surface area (Å²) in [5, 5.41) is 8.67. The van der Waals surface area contributed by atoms with E-state index in [1.807, 2.05) is 13.0 Å². The lowest BCUT2D eigenvalue weighted by atomic mass is 10.0. The van der Waals surface area contributed by atoms with Crippen molar-refractivity contribution in [3.05, 3.63) is 24.2 Å². The van der Waals surface area contributed by atoms with Crippen molar-refractivity contribution in [3.63, 3.8) is 0 Å². The Morgan fingerprint density at radius 2 is 2.42 bits per heavy atom. The van der Waals surface area contributed by atoms with Gasteiger partial charge in [-0.1, -0.05) is 13.3 Å². The first-order valence-corrected chi connectivity index (χ1v) is 6.58. The molecule has 0 fully saturated rings. The summed E-state index contributed by atoms with van der Waals surface area (Å²) in [5.41, 5.74) is 5.63. The zero-order chi connectivity index (χ0) is 14.1. The van der Waals surface area contributed by atoms with Gasteiger partial charge in [0.05, 0.1) is 25.3 Å². The van der Waals surface area contributed by atoms with Crippen LogP contribution in [0.5, 0.6) is 0 Å². The highest BCUT2D eigenvalue weighted by Crippen LogP contribution is 2.12. The van der Waals surface area contributed by atoms with Crippen LogP contribution >= 0.6 is 0 Å². The van der Waals surface area contributed by atoms with Crippen molar-refractivity contribution in [3.8, 4) is 6.07 Å². The average Bonchev–Trinajstić information content (AvgIpc) is 2.93. The number of amides is 1. The minimum Gasteiger partial charge on any atom is -0.467 e. The second-order valence-electron chi connectivity index (χ2n) is 4.52. The van der Waals surface area contributed by atoms with E-state index in [1.165, 1.54) is 0 Å². The summed E-state index contributed by atoms with van der Waals surface area (Å²) in [7, 11) is 0. The smallest absolute Gasteiger partial charge is 0.223 e. The molecule has 0 saturated heterocycles. The number of rotatable bonds is 8. The van der Waals surface area contributed by atoms with Crippen LogP contribution in [0.1, 0.15) is 31.9 Å². The van der Waals surface area contributed by atoms with Gasteiger partial charge in [0.25, 0.3) is 0 Å². The van der Waals surface area contributed by atoms with Crippen molar-refractivity contribution in [2.24, 2.45) is 11.7 Å². The fourth-order valence-corrected chi connectivity index (χ4v) is 1.84. The second kappa shape index (κ2) is 8.33. The average molecular weight is 263 g/mol. The number of hydrogen-bond acceptors (Lipinski definition) is 4. The molecule has 1 amide bonds. The summed E-state index contributed by atoms with van der Waals surface area (Å²) >= 11 is 0. The zero-order valence-electron chi connectivity index (χ0n) is 11.3. The molecule has 0 spiro atoms. The number of carbonyl (C=O) groups excluding carboxylic acids is 1. The van der Waals surface area contributed by atoms with E-state index >= 15 is 0 Å². The third-order valence-electron chi connectivity index (χ3n) is 3.15. The SMILES string of the molecule is CCC(CN)CC(=O)N(CCC#N)Cc1ccco1. The van der Waals surface area contributed by atoms with Crippen LogP contribution in [0.15, 0.2) is 22.8 Å². The first-order valence-electron chi connectivity index (χ1n) is 6.58. The summed E-state index contributed by atoms with van der Waals surface area (Å²) in [5.74, 6) is 0.963. The summed E-state index contributed by atoms with van der Waals surface area (Å²) in [4.78, 5) is 13.9. The van der Waals surface area contributed by atoms with Gasteiger partial charge in [-0.25, -0.2) is 0 Å². The minimum atomic E-state index is 0.0314. The van der Waals surface area contributed by atoms with Crippen LogP contribution in [0.3, 0.4) is 0 Å². The van der Waals surface area contributed by atoms with Crippen LogP contribution in [0.4, 0.5) is 0 Å². The van der Waals surface area contributed by atoms with Gasteiger partial charge in [0, 0.05) is 13.0 Å². The van der Waals surface area contributed by atoms with Gasteiger partial charge in [-0.2, -0.15) is 5.26 Å². The topological polar surface area (TPSA) is 83.3 Å². The zero-order valence-corrected chi connectivity index (χ0v) is 11.3. The Kier molecular flexibility index (Phi) is 6.69. The van der Waals surface area contributed by atoms with Crippen LogP contribution in [-0.2, 0) is 11.3 Å². The summed E-state index contributed by atoms with van der Waals surface area (Å²) < 4.78 is 5.25. The maximum absolute atomic E-state index is 12.2. The molecular weight excluding hydrogens is 242 g/mol. The highest BCUT2D eigenvalue weighted by Gasteiger charge is 2.18. The van der Waals surface area contributed by atoms with Crippen molar-refractivity contribution in [1.82, 2.24) is 4.90 Å². The first-order chi connectivity index (χ1) is 9.21. The molecule has 104 valence electrons. The van der Waals surface area contributed by atoms with Crippen LogP contribution in [0.2, 0.25) is 0 Å². The molecular formula is C14H21N3O2. The molecule has 1 aromatic rings. The molecule has 19 heavy (non-hydrogen) atoms. The molecule has 0 aromatic carbocycles. The van der Waals surface area contributed by atoms with Crippen LogP contribution in [0.25, 0.3) is 0 Å². The van der Waals surface area contributed by atoms with Gasteiger partial charge in [-0.15, -0.1) is 0 Å². The fraction of sp³-hybridized carbons (Fsp3) is 0.571. The Labute approximate surface area is 114 Å². The van der Waals surface area contributed by atoms with Crippen LogP contribution in [-0.4, -0.2) is 23.9 Å². The van der Waals surface area contributed by atoms with Gasteiger partial charge >= 0.3 is 0 Å². The van der Waals surface area contributed by atoms with Crippen molar-refractivity contribution in [2.45, 2.75) is 32.7 Å². The molecule has 1 rings (SSSR count). The molecule has 1 atom stereocenters. The minimum absolute atomic E-state index is 0.0314. The van der Waals surface area contributed by atoms with E-state index in [0.29, 0.717) is 32.5 Å². The third-order valence-corrected chi connectivity index (χ3v) is 3.15. The van der Waals surface area contributed by atoms with E-state index in [-0.39, 0.29) is 11.8 Å². The molecule has 5 nitrogen and oxygen atoms in total. The molecule has 1 heterocycles. The Balaban J connectivity index is 2.62.